The standard InChI is InChI=1S/C16H22N2O6/c1-11(2)24-14-5-4-13(18(20)21)8-12(14)9-17-6-7-23-15(10-17)16(19)22-3/h4-5,8,11,15H,6-7,9-10H2,1-3H3/t15-/m1/s1. The Bertz CT molecular complexity index is 604. The average molecular weight is 338 g/mol. The van der Waals surface area contributed by atoms with E-state index in [-0.39, 0.29) is 11.8 Å². The van der Waals surface area contributed by atoms with Gasteiger partial charge in [-0.15, -0.1) is 0 Å². The van der Waals surface area contributed by atoms with Gasteiger partial charge in [0.25, 0.3) is 5.69 Å². The molecule has 8 nitrogen and oxygen atoms in total. The van der Waals surface area contributed by atoms with Crippen LogP contribution in [0.4, 0.5) is 5.69 Å². The Balaban J connectivity index is 2.18. The van der Waals surface area contributed by atoms with Crippen LogP contribution >= 0.6 is 0 Å². The van der Waals surface area contributed by atoms with Crippen molar-refractivity contribution in [1.82, 2.24) is 4.90 Å². The van der Waals surface area contributed by atoms with Crippen molar-refractivity contribution in [1.29, 1.82) is 0 Å². The van der Waals surface area contributed by atoms with Crippen molar-refractivity contribution >= 4 is 11.7 Å². The van der Waals surface area contributed by atoms with E-state index in [1.165, 1.54) is 19.2 Å². The molecule has 1 aromatic carbocycles. The van der Waals surface area contributed by atoms with Gasteiger partial charge in [0.1, 0.15) is 5.75 Å². The van der Waals surface area contributed by atoms with E-state index in [2.05, 4.69) is 0 Å². The molecule has 1 saturated heterocycles. The van der Waals surface area contributed by atoms with Gasteiger partial charge in [-0.3, -0.25) is 15.0 Å². The van der Waals surface area contributed by atoms with Crippen LogP contribution in [0.3, 0.4) is 0 Å². The lowest BCUT2D eigenvalue weighted by Crippen LogP contribution is -2.46. The zero-order valence-electron chi connectivity index (χ0n) is 14.1. The van der Waals surface area contributed by atoms with Crippen molar-refractivity contribution in [3.8, 4) is 5.75 Å². The predicted molar refractivity (Wildman–Crippen MR) is 85.9 cm³/mol. The predicted octanol–water partition coefficient (Wildman–Crippen LogP) is 1.76. The molecule has 0 amide bonds. The van der Waals surface area contributed by atoms with Crippen LogP contribution in [0.5, 0.6) is 5.75 Å². The number of morpholine rings is 1. The van der Waals surface area contributed by atoms with Crippen molar-refractivity contribution in [3.05, 3.63) is 33.9 Å². The second-order valence-corrected chi connectivity index (χ2v) is 5.83. The largest absolute Gasteiger partial charge is 0.491 e. The van der Waals surface area contributed by atoms with Crippen molar-refractivity contribution in [3.63, 3.8) is 0 Å². The maximum Gasteiger partial charge on any atom is 0.336 e. The van der Waals surface area contributed by atoms with Gasteiger partial charge in [0.05, 0.1) is 24.7 Å². The lowest BCUT2D eigenvalue weighted by Gasteiger charge is -2.31. The lowest BCUT2D eigenvalue weighted by atomic mass is 10.1. The van der Waals surface area contributed by atoms with Gasteiger partial charge in [0.2, 0.25) is 0 Å². The molecule has 1 aliphatic heterocycles. The first-order chi connectivity index (χ1) is 11.4. The fourth-order valence-electron chi connectivity index (χ4n) is 2.53. The molecule has 0 radical (unpaired) electrons. The van der Waals surface area contributed by atoms with Gasteiger partial charge in [0.15, 0.2) is 6.10 Å². The third kappa shape index (κ3) is 4.65. The number of ether oxygens (including phenoxy) is 3. The van der Waals surface area contributed by atoms with Crippen LogP contribution < -0.4 is 4.74 Å². The maximum absolute atomic E-state index is 11.6. The van der Waals surface area contributed by atoms with Crippen LogP contribution in [0.2, 0.25) is 0 Å². The highest BCUT2D eigenvalue weighted by Gasteiger charge is 2.28. The summed E-state index contributed by atoms with van der Waals surface area (Å²) >= 11 is 0. The third-order valence-electron chi connectivity index (χ3n) is 3.63. The van der Waals surface area contributed by atoms with Crippen LogP contribution in [-0.4, -0.2) is 54.8 Å². The van der Waals surface area contributed by atoms with Gasteiger partial charge in [-0.25, -0.2) is 4.79 Å². The highest BCUT2D eigenvalue weighted by molar-refractivity contribution is 5.74. The van der Waals surface area contributed by atoms with Crippen LogP contribution in [0.25, 0.3) is 0 Å². The number of hydrogen-bond acceptors (Lipinski definition) is 7. The van der Waals surface area contributed by atoms with Crippen LogP contribution in [-0.2, 0) is 20.8 Å². The number of nitro groups is 1. The Labute approximate surface area is 140 Å². The molecular formula is C16H22N2O6. The van der Waals surface area contributed by atoms with E-state index >= 15 is 0 Å². The fourth-order valence-corrected chi connectivity index (χ4v) is 2.53. The number of nitro benzene ring substituents is 1. The number of rotatable bonds is 6. The molecule has 132 valence electrons. The van der Waals surface area contributed by atoms with Crippen molar-refractivity contribution in [2.24, 2.45) is 0 Å². The minimum Gasteiger partial charge on any atom is -0.491 e. The van der Waals surface area contributed by atoms with Crippen LogP contribution in [0.1, 0.15) is 19.4 Å². The molecule has 8 heteroatoms. The molecule has 0 bridgehead atoms. The molecule has 0 spiro atoms. The summed E-state index contributed by atoms with van der Waals surface area (Å²) in [7, 11) is 1.32. The first-order valence-corrected chi connectivity index (χ1v) is 7.76. The fraction of sp³-hybridized carbons (Fsp3) is 0.562. The summed E-state index contributed by atoms with van der Waals surface area (Å²) in [6.45, 7) is 5.61. The Hall–Kier alpha value is -2.19. The van der Waals surface area contributed by atoms with Gasteiger partial charge in [0, 0.05) is 37.3 Å². The molecule has 1 aromatic rings. The molecule has 0 N–H and O–H groups in total. The smallest absolute Gasteiger partial charge is 0.336 e. The minimum absolute atomic E-state index is 0.0129. The second kappa shape index (κ2) is 8.07. The molecule has 0 aliphatic carbocycles. The molecule has 1 atom stereocenters. The zero-order chi connectivity index (χ0) is 17.7. The van der Waals surface area contributed by atoms with Crippen LogP contribution in [0, 0.1) is 10.1 Å². The second-order valence-electron chi connectivity index (χ2n) is 5.83. The topological polar surface area (TPSA) is 91.1 Å². The quantitative estimate of drug-likeness (QED) is 0.443. The van der Waals surface area contributed by atoms with Gasteiger partial charge >= 0.3 is 5.97 Å². The number of esters is 1. The molecule has 1 aliphatic rings. The normalized spacial score (nSPS) is 18.4. The van der Waals surface area contributed by atoms with Crippen LogP contribution in [0.15, 0.2) is 18.2 Å². The Kier molecular flexibility index (Phi) is 6.10. The summed E-state index contributed by atoms with van der Waals surface area (Å²) in [6, 6.07) is 4.56. The van der Waals surface area contributed by atoms with Crippen molar-refractivity contribution in [2.45, 2.75) is 32.6 Å². The summed E-state index contributed by atoms with van der Waals surface area (Å²) in [6.07, 6.45) is -0.686. The van der Waals surface area contributed by atoms with Crippen molar-refractivity contribution in [2.75, 3.05) is 26.8 Å². The van der Waals surface area contributed by atoms with E-state index in [0.717, 1.165) is 0 Å². The van der Waals surface area contributed by atoms with Gasteiger partial charge < -0.3 is 14.2 Å². The van der Waals surface area contributed by atoms with E-state index in [1.807, 2.05) is 18.7 Å². The van der Waals surface area contributed by atoms with E-state index in [9.17, 15) is 14.9 Å². The molecule has 0 aromatic heterocycles. The first kappa shape index (κ1) is 18.2. The SMILES string of the molecule is COC(=O)[C@H]1CN(Cc2cc([N+](=O)[O-])ccc2OC(C)C)CCO1. The Morgan fingerprint density at radius 1 is 1.50 bits per heavy atom. The summed E-state index contributed by atoms with van der Waals surface area (Å²) in [5.74, 6) is 0.189. The highest BCUT2D eigenvalue weighted by atomic mass is 16.6. The van der Waals surface area contributed by atoms with E-state index < -0.39 is 17.0 Å². The summed E-state index contributed by atoms with van der Waals surface area (Å²) < 4.78 is 15.9. The third-order valence-corrected chi connectivity index (χ3v) is 3.63. The zero-order valence-corrected chi connectivity index (χ0v) is 14.1. The number of benzene rings is 1. The molecule has 1 heterocycles. The molecular weight excluding hydrogens is 316 g/mol. The van der Waals surface area contributed by atoms with Crippen molar-refractivity contribution < 1.29 is 23.9 Å². The van der Waals surface area contributed by atoms with Gasteiger partial charge in [-0.1, -0.05) is 0 Å². The average Bonchev–Trinajstić information content (AvgIpc) is 2.55. The highest BCUT2D eigenvalue weighted by Crippen LogP contribution is 2.27. The molecule has 24 heavy (non-hydrogen) atoms. The van der Waals surface area contributed by atoms with Gasteiger partial charge in [-0.05, 0) is 19.9 Å². The molecule has 2 rings (SSSR count). The summed E-state index contributed by atoms with van der Waals surface area (Å²) in [5.41, 5.74) is 0.724. The molecule has 1 fully saturated rings. The van der Waals surface area contributed by atoms with Gasteiger partial charge in [-0.2, -0.15) is 0 Å². The number of carbonyl (C=O) groups excluding carboxylic acids is 1. The minimum atomic E-state index is -0.642. The molecule has 0 saturated carbocycles. The lowest BCUT2D eigenvalue weighted by molar-refractivity contribution is -0.385. The summed E-state index contributed by atoms with van der Waals surface area (Å²) in [4.78, 5) is 24.2. The van der Waals surface area contributed by atoms with E-state index in [0.29, 0.717) is 37.6 Å². The maximum atomic E-state index is 11.6. The van der Waals surface area contributed by atoms with E-state index in [1.54, 1.807) is 6.07 Å². The first-order valence-electron chi connectivity index (χ1n) is 7.76. The van der Waals surface area contributed by atoms with E-state index in [4.69, 9.17) is 14.2 Å². The Morgan fingerprint density at radius 3 is 2.88 bits per heavy atom. The molecule has 0 unspecified atom stereocenters. The number of carbonyl (C=O) groups is 1. The Morgan fingerprint density at radius 2 is 2.25 bits per heavy atom. The summed E-state index contributed by atoms with van der Waals surface area (Å²) in [5, 5.41) is 11.0. The monoisotopic (exact) mass is 338 g/mol. The number of hydrogen-bond donors (Lipinski definition) is 0. The number of non-ortho nitro benzene ring substituents is 1. The number of methoxy groups -OCH3 is 1. The number of nitrogens with zero attached hydrogens (tertiary/aromatic N) is 2.